The van der Waals surface area contributed by atoms with Gasteiger partial charge >= 0.3 is 0 Å². The Hall–Kier alpha value is -2.66. The number of benzene rings is 1. The lowest BCUT2D eigenvalue weighted by Gasteiger charge is -2.17. The first-order valence-electron chi connectivity index (χ1n) is 8.74. The highest BCUT2D eigenvalue weighted by molar-refractivity contribution is 6.31. The molecule has 1 amide bonds. The molecule has 1 aliphatic rings. The normalized spacial score (nSPS) is 14.4. The van der Waals surface area contributed by atoms with E-state index in [1.165, 1.54) is 0 Å². The number of halogens is 1. The lowest BCUT2D eigenvalue weighted by Crippen LogP contribution is -2.30. The van der Waals surface area contributed by atoms with Crippen LogP contribution in [-0.2, 0) is 11.8 Å². The van der Waals surface area contributed by atoms with Gasteiger partial charge < -0.3 is 5.32 Å². The lowest BCUT2D eigenvalue weighted by molar-refractivity contribution is -0.115. The number of aromatic nitrogens is 2. The Morgan fingerprint density at radius 1 is 1.30 bits per heavy atom. The number of hydrogen-bond acceptors (Lipinski definition) is 3. The third-order valence-electron chi connectivity index (χ3n) is 4.85. The molecule has 1 aromatic heterocycles. The summed E-state index contributed by atoms with van der Waals surface area (Å²) in [6.07, 6.45) is 4.10. The number of allylic oxidation sites excluding steroid dienone is 3. The van der Waals surface area contributed by atoms with Crippen LogP contribution in [0.1, 0.15) is 36.2 Å². The van der Waals surface area contributed by atoms with E-state index >= 15 is 0 Å². The van der Waals surface area contributed by atoms with Gasteiger partial charge in [-0.05, 0) is 50.1 Å². The molecular formula is C21H22ClN3O2. The highest BCUT2D eigenvalue weighted by Crippen LogP contribution is 2.29. The third kappa shape index (κ3) is 3.88. The van der Waals surface area contributed by atoms with Crippen molar-refractivity contribution in [2.24, 2.45) is 7.05 Å². The number of nitrogens with one attached hydrogen (secondary N) is 1. The quantitative estimate of drug-likeness (QED) is 0.867. The minimum atomic E-state index is -0.252. The molecule has 0 saturated heterocycles. The maximum absolute atomic E-state index is 12.8. The zero-order valence-corrected chi connectivity index (χ0v) is 16.6. The average molecular weight is 384 g/mol. The average Bonchev–Trinajstić information content (AvgIpc) is 3.01. The van der Waals surface area contributed by atoms with Crippen molar-refractivity contribution >= 4 is 23.3 Å². The second-order valence-electron chi connectivity index (χ2n) is 6.90. The molecule has 1 aliphatic carbocycles. The van der Waals surface area contributed by atoms with Gasteiger partial charge in [-0.1, -0.05) is 23.3 Å². The zero-order valence-electron chi connectivity index (χ0n) is 15.9. The van der Waals surface area contributed by atoms with Crippen molar-refractivity contribution in [3.05, 3.63) is 63.3 Å². The van der Waals surface area contributed by atoms with Crippen molar-refractivity contribution < 1.29 is 9.59 Å². The van der Waals surface area contributed by atoms with Crippen molar-refractivity contribution in [1.29, 1.82) is 0 Å². The number of ketones is 1. The fourth-order valence-electron chi connectivity index (χ4n) is 3.41. The minimum Gasteiger partial charge on any atom is -0.348 e. The Balaban J connectivity index is 1.88. The number of hydrogen-bond donors (Lipinski definition) is 1. The Kier molecular flexibility index (Phi) is 5.33. The Bertz CT molecular complexity index is 999. The van der Waals surface area contributed by atoms with E-state index in [1.807, 2.05) is 46.0 Å². The van der Waals surface area contributed by atoms with Gasteiger partial charge in [0, 0.05) is 47.9 Å². The fraction of sp³-hybridized carbons (Fsp3) is 0.286. The first kappa shape index (κ1) is 19.1. The second-order valence-corrected chi connectivity index (χ2v) is 7.34. The van der Waals surface area contributed by atoms with Crippen LogP contribution in [0, 0.1) is 6.92 Å². The zero-order chi connectivity index (χ0) is 19.7. The summed E-state index contributed by atoms with van der Waals surface area (Å²) in [4.78, 5) is 25.1. The van der Waals surface area contributed by atoms with Gasteiger partial charge in [-0.3, -0.25) is 14.3 Å². The van der Waals surface area contributed by atoms with E-state index in [0.717, 1.165) is 28.0 Å². The molecule has 0 aliphatic heterocycles. The maximum atomic E-state index is 12.8. The van der Waals surface area contributed by atoms with Crippen molar-refractivity contribution in [2.75, 3.05) is 6.54 Å². The van der Waals surface area contributed by atoms with Crippen LogP contribution in [0.15, 0.2) is 47.2 Å². The molecule has 0 saturated carbocycles. The topological polar surface area (TPSA) is 64.0 Å². The summed E-state index contributed by atoms with van der Waals surface area (Å²) in [5, 5.41) is 7.53. The van der Waals surface area contributed by atoms with Crippen molar-refractivity contribution in [1.82, 2.24) is 15.1 Å². The SMILES string of the molecule is CC1=CC(C)=C(CNC(=O)c2cc(Cl)cc(-c3ccnn3C)c2C)C(=O)C1. The van der Waals surface area contributed by atoms with Gasteiger partial charge in [-0.15, -0.1) is 0 Å². The maximum Gasteiger partial charge on any atom is 0.251 e. The summed E-state index contributed by atoms with van der Waals surface area (Å²) in [7, 11) is 1.84. The van der Waals surface area contributed by atoms with Gasteiger partial charge in [-0.2, -0.15) is 5.10 Å². The molecule has 140 valence electrons. The monoisotopic (exact) mass is 383 g/mol. The van der Waals surface area contributed by atoms with Crippen LogP contribution < -0.4 is 5.32 Å². The van der Waals surface area contributed by atoms with Crippen LogP contribution >= 0.6 is 11.6 Å². The summed E-state index contributed by atoms with van der Waals surface area (Å²) >= 11 is 6.27. The molecule has 0 unspecified atom stereocenters. The van der Waals surface area contributed by atoms with Crippen LogP contribution in [-0.4, -0.2) is 28.0 Å². The van der Waals surface area contributed by atoms with E-state index in [9.17, 15) is 9.59 Å². The van der Waals surface area contributed by atoms with Crippen molar-refractivity contribution in [3.8, 4) is 11.3 Å². The highest BCUT2D eigenvalue weighted by atomic mass is 35.5. The summed E-state index contributed by atoms with van der Waals surface area (Å²) in [6, 6.07) is 5.36. The number of carbonyl (C=O) groups excluding carboxylic acids is 2. The molecule has 5 nitrogen and oxygen atoms in total. The summed E-state index contributed by atoms with van der Waals surface area (Å²) in [6.45, 7) is 5.93. The van der Waals surface area contributed by atoms with Crippen LogP contribution in [0.4, 0.5) is 0 Å². The predicted molar refractivity (Wildman–Crippen MR) is 107 cm³/mol. The molecule has 0 radical (unpaired) electrons. The fourth-order valence-corrected chi connectivity index (χ4v) is 3.63. The molecular weight excluding hydrogens is 362 g/mol. The molecule has 6 heteroatoms. The molecule has 0 spiro atoms. The van der Waals surface area contributed by atoms with E-state index in [2.05, 4.69) is 10.4 Å². The van der Waals surface area contributed by atoms with Gasteiger partial charge in [0.2, 0.25) is 0 Å². The van der Waals surface area contributed by atoms with E-state index < -0.39 is 0 Å². The summed E-state index contributed by atoms with van der Waals surface area (Å²) in [5.41, 5.74) is 5.65. The molecule has 27 heavy (non-hydrogen) atoms. The minimum absolute atomic E-state index is 0.0613. The van der Waals surface area contributed by atoms with Crippen molar-refractivity contribution in [3.63, 3.8) is 0 Å². The van der Waals surface area contributed by atoms with Gasteiger partial charge in [0.15, 0.2) is 5.78 Å². The molecule has 1 aromatic carbocycles. The molecule has 2 aromatic rings. The molecule has 0 bridgehead atoms. The van der Waals surface area contributed by atoms with Gasteiger partial charge in [0.1, 0.15) is 0 Å². The smallest absolute Gasteiger partial charge is 0.251 e. The second kappa shape index (κ2) is 7.53. The molecule has 0 atom stereocenters. The number of carbonyl (C=O) groups is 2. The standard InChI is InChI=1S/C21H22ClN3O2/c1-12-7-13(2)18(20(26)8-12)11-23-21(27)17-10-15(22)9-16(14(17)3)19-5-6-24-25(19)4/h5-7,9-10H,8,11H2,1-4H3,(H,23,27). The van der Waals surface area contributed by atoms with E-state index in [1.54, 1.807) is 16.9 Å². The first-order chi connectivity index (χ1) is 12.8. The van der Waals surface area contributed by atoms with Crippen LogP contribution in [0.25, 0.3) is 11.3 Å². The van der Waals surface area contributed by atoms with Gasteiger partial charge in [-0.25, -0.2) is 0 Å². The molecule has 0 fully saturated rings. The molecule has 1 heterocycles. The number of rotatable bonds is 4. The van der Waals surface area contributed by atoms with E-state index in [0.29, 0.717) is 22.6 Å². The third-order valence-corrected chi connectivity index (χ3v) is 5.07. The number of amides is 1. The van der Waals surface area contributed by atoms with Crippen molar-refractivity contribution in [2.45, 2.75) is 27.2 Å². The predicted octanol–water partition coefficient (Wildman–Crippen LogP) is 4.01. The Labute approximate surface area is 163 Å². The molecule has 1 N–H and O–H groups in total. The van der Waals surface area contributed by atoms with Crippen LogP contribution in [0.2, 0.25) is 5.02 Å². The van der Waals surface area contributed by atoms with Crippen LogP contribution in [0.3, 0.4) is 0 Å². The number of nitrogens with zero attached hydrogens (tertiary/aromatic N) is 2. The highest BCUT2D eigenvalue weighted by Gasteiger charge is 2.20. The lowest BCUT2D eigenvalue weighted by atomic mass is 9.92. The summed E-state index contributed by atoms with van der Waals surface area (Å²) < 4.78 is 1.74. The van der Waals surface area contributed by atoms with Crippen LogP contribution in [0.5, 0.6) is 0 Å². The Morgan fingerprint density at radius 2 is 2.04 bits per heavy atom. The summed E-state index contributed by atoms with van der Waals surface area (Å²) in [5.74, 6) is -0.191. The van der Waals surface area contributed by atoms with Gasteiger partial charge in [0.05, 0.1) is 5.69 Å². The first-order valence-corrected chi connectivity index (χ1v) is 9.12. The molecule has 3 rings (SSSR count). The van der Waals surface area contributed by atoms with E-state index in [-0.39, 0.29) is 18.2 Å². The number of Topliss-reactive ketones (excluding diaryl/α,β-unsaturated/α-hetero) is 1. The van der Waals surface area contributed by atoms with Gasteiger partial charge in [0.25, 0.3) is 5.91 Å². The largest absolute Gasteiger partial charge is 0.348 e. The van der Waals surface area contributed by atoms with E-state index in [4.69, 9.17) is 11.6 Å². The Morgan fingerprint density at radius 3 is 2.67 bits per heavy atom. The number of aryl methyl sites for hydroxylation is 1.